The quantitative estimate of drug-likeness (QED) is 0.775. The molecule has 0 aromatic rings. The molecule has 0 bridgehead atoms. The van der Waals surface area contributed by atoms with E-state index in [0.29, 0.717) is 25.7 Å². The Labute approximate surface area is 114 Å². The summed E-state index contributed by atoms with van der Waals surface area (Å²) in [6.45, 7) is 7.30. The molecule has 0 radical (unpaired) electrons. The van der Waals surface area contributed by atoms with E-state index in [0.717, 1.165) is 4.90 Å². The molecule has 19 heavy (non-hydrogen) atoms. The number of piperidine rings is 1. The van der Waals surface area contributed by atoms with Gasteiger partial charge in [0.15, 0.2) is 0 Å². The highest BCUT2D eigenvalue weighted by molar-refractivity contribution is 5.99. The zero-order valence-electron chi connectivity index (χ0n) is 12.2. The molecule has 1 saturated heterocycles. The molecule has 0 aromatic heterocycles. The number of aliphatic carboxylic acids is 1. The van der Waals surface area contributed by atoms with Gasteiger partial charge in [0.05, 0.1) is 5.41 Å². The third-order valence-electron chi connectivity index (χ3n) is 4.13. The number of carboxylic acid groups (broad SMARTS) is 1. The van der Waals surface area contributed by atoms with Gasteiger partial charge in [-0.25, -0.2) is 0 Å². The monoisotopic (exact) mass is 269 g/mol. The largest absolute Gasteiger partial charge is 0.481 e. The molecule has 2 amide bonds. The van der Waals surface area contributed by atoms with Crippen LogP contribution in [0, 0.1) is 10.8 Å². The van der Waals surface area contributed by atoms with Gasteiger partial charge in [-0.1, -0.05) is 27.7 Å². The molecule has 5 heteroatoms. The van der Waals surface area contributed by atoms with Crippen LogP contribution >= 0.6 is 0 Å². The zero-order chi connectivity index (χ0) is 14.8. The van der Waals surface area contributed by atoms with Crippen LogP contribution in [0.4, 0.5) is 0 Å². The van der Waals surface area contributed by atoms with Crippen LogP contribution in [0.5, 0.6) is 0 Å². The Bertz CT molecular complexity index is 376. The highest BCUT2D eigenvalue weighted by Gasteiger charge is 2.44. The molecule has 0 atom stereocenters. The summed E-state index contributed by atoms with van der Waals surface area (Å²) in [6.07, 6.45) is 1.39. The van der Waals surface area contributed by atoms with Crippen LogP contribution in [-0.2, 0) is 14.4 Å². The van der Waals surface area contributed by atoms with Gasteiger partial charge in [-0.2, -0.15) is 0 Å². The second-order valence-corrected chi connectivity index (χ2v) is 6.18. The van der Waals surface area contributed by atoms with E-state index in [4.69, 9.17) is 0 Å². The van der Waals surface area contributed by atoms with Crippen molar-refractivity contribution in [3.05, 3.63) is 0 Å². The van der Waals surface area contributed by atoms with Crippen molar-refractivity contribution < 1.29 is 19.5 Å². The molecule has 0 aromatic carbocycles. The molecule has 1 fully saturated rings. The van der Waals surface area contributed by atoms with Crippen molar-refractivity contribution >= 4 is 17.8 Å². The van der Waals surface area contributed by atoms with Crippen LogP contribution in [0.3, 0.4) is 0 Å². The molecule has 0 saturated carbocycles. The van der Waals surface area contributed by atoms with Crippen molar-refractivity contribution in [3.63, 3.8) is 0 Å². The Balaban J connectivity index is 2.95. The first-order valence-corrected chi connectivity index (χ1v) is 6.74. The molecule has 1 aliphatic rings. The molecule has 5 nitrogen and oxygen atoms in total. The predicted molar refractivity (Wildman–Crippen MR) is 70.4 cm³/mol. The number of amides is 2. The van der Waals surface area contributed by atoms with E-state index in [1.54, 1.807) is 13.8 Å². The van der Waals surface area contributed by atoms with Crippen LogP contribution in [0.15, 0.2) is 0 Å². The van der Waals surface area contributed by atoms with Crippen molar-refractivity contribution in [2.75, 3.05) is 6.54 Å². The van der Waals surface area contributed by atoms with Crippen LogP contribution in [0.2, 0.25) is 0 Å². The van der Waals surface area contributed by atoms with Gasteiger partial charge in [0.25, 0.3) is 0 Å². The average molecular weight is 269 g/mol. The van der Waals surface area contributed by atoms with E-state index in [1.165, 1.54) is 0 Å². The molecule has 0 aliphatic carbocycles. The second-order valence-electron chi connectivity index (χ2n) is 6.18. The Morgan fingerprint density at radius 2 is 1.63 bits per heavy atom. The van der Waals surface area contributed by atoms with Crippen molar-refractivity contribution in [1.29, 1.82) is 0 Å². The maximum absolute atomic E-state index is 12.1. The maximum atomic E-state index is 12.1. The standard InChI is InChI=1S/C14H23NO4/c1-5-14(6-2,12(18)19)9-15-10(16)7-13(3,4)8-11(15)17/h5-9H2,1-4H3,(H,18,19). The zero-order valence-corrected chi connectivity index (χ0v) is 12.2. The number of hydrogen-bond acceptors (Lipinski definition) is 3. The lowest BCUT2D eigenvalue weighted by atomic mass is 9.78. The number of rotatable bonds is 5. The first-order valence-electron chi connectivity index (χ1n) is 6.74. The van der Waals surface area contributed by atoms with Gasteiger partial charge in [0.1, 0.15) is 0 Å². The fourth-order valence-corrected chi connectivity index (χ4v) is 2.53. The first kappa shape index (κ1) is 15.7. The van der Waals surface area contributed by atoms with Gasteiger partial charge >= 0.3 is 5.97 Å². The number of carbonyl (C=O) groups is 3. The lowest BCUT2D eigenvalue weighted by Gasteiger charge is -2.39. The van der Waals surface area contributed by atoms with E-state index < -0.39 is 11.4 Å². The van der Waals surface area contributed by atoms with E-state index >= 15 is 0 Å². The number of carbonyl (C=O) groups excluding carboxylic acids is 2. The summed E-state index contributed by atoms with van der Waals surface area (Å²) in [4.78, 5) is 36.7. The van der Waals surface area contributed by atoms with Crippen LogP contribution < -0.4 is 0 Å². The van der Waals surface area contributed by atoms with E-state index in [1.807, 2.05) is 13.8 Å². The third-order valence-corrected chi connectivity index (χ3v) is 4.13. The number of hydrogen-bond donors (Lipinski definition) is 1. The maximum Gasteiger partial charge on any atom is 0.311 e. The first-order chi connectivity index (χ1) is 8.67. The van der Waals surface area contributed by atoms with Crippen LogP contribution in [0.1, 0.15) is 53.4 Å². The highest BCUT2D eigenvalue weighted by atomic mass is 16.4. The van der Waals surface area contributed by atoms with Gasteiger partial charge < -0.3 is 5.11 Å². The number of imide groups is 1. The van der Waals surface area contributed by atoms with Gasteiger partial charge in [-0.3, -0.25) is 19.3 Å². The van der Waals surface area contributed by atoms with Crippen molar-refractivity contribution in [2.45, 2.75) is 53.4 Å². The Hall–Kier alpha value is -1.39. The normalized spacial score (nSPS) is 19.7. The minimum absolute atomic E-state index is 0.0108. The fourth-order valence-electron chi connectivity index (χ4n) is 2.53. The molecular weight excluding hydrogens is 246 g/mol. The lowest BCUT2D eigenvalue weighted by Crippen LogP contribution is -2.52. The van der Waals surface area contributed by atoms with Crippen molar-refractivity contribution in [2.24, 2.45) is 10.8 Å². The smallest absolute Gasteiger partial charge is 0.311 e. The molecular formula is C14H23NO4. The Morgan fingerprint density at radius 3 is 1.95 bits per heavy atom. The summed E-state index contributed by atoms with van der Waals surface area (Å²) in [7, 11) is 0. The van der Waals surface area contributed by atoms with Crippen LogP contribution in [0.25, 0.3) is 0 Å². The van der Waals surface area contributed by atoms with Crippen molar-refractivity contribution in [1.82, 2.24) is 4.90 Å². The highest BCUT2D eigenvalue weighted by Crippen LogP contribution is 2.35. The average Bonchev–Trinajstić information content (AvgIpc) is 2.27. The summed E-state index contributed by atoms with van der Waals surface area (Å²) in [5.74, 6) is -1.45. The number of carboxylic acids is 1. The molecule has 1 heterocycles. The molecule has 1 aliphatic heterocycles. The van der Waals surface area contributed by atoms with E-state index in [2.05, 4.69) is 0 Å². The van der Waals surface area contributed by atoms with Gasteiger partial charge in [-0.05, 0) is 18.3 Å². The molecule has 108 valence electrons. The van der Waals surface area contributed by atoms with Crippen molar-refractivity contribution in [3.8, 4) is 0 Å². The second kappa shape index (κ2) is 5.31. The number of nitrogens with zero attached hydrogens (tertiary/aromatic N) is 1. The van der Waals surface area contributed by atoms with Gasteiger partial charge in [0, 0.05) is 19.4 Å². The molecule has 0 spiro atoms. The van der Waals surface area contributed by atoms with E-state index in [-0.39, 0.29) is 23.8 Å². The molecule has 0 unspecified atom stereocenters. The summed E-state index contributed by atoms with van der Waals surface area (Å²) >= 11 is 0. The minimum Gasteiger partial charge on any atom is -0.481 e. The Morgan fingerprint density at radius 1 is 1.21 bits per heavy atom. The summed E-state index contributed by atoms with van der Waals surface area (Å²) in [5, 5.41) is 9.38. The molecule has 1 N–H and O–H groups in total. The topological polar surface area (TPSA) is 74.7 Å². The predicted octanol–water partition coefficient (Wildman–Crippen LogP) is 2.05. The summed E-state index contributed by atoms with van der Waals surface area (Å²) in [6, 6.07) is 0. The minimum atomic E-state index is -1.02. The van der Waals surface area contributed by atoms with Gasteiger partial charge in [0.2, 0.25) is 11.8 Å². The van der Waals surface area contributed by atoms with Crippen LogP contribution in [-0.4, -0.2) is 34.3 Å². The summed E-state index contributed by atoms with van der Waals surface area (Å²) < 4.78 is 0. The third kappa shape index (κ3) is 3.14. The van der Waals surface area contributed by atoms with Gasteiger partial charge in [-0.15, -0.1) is 0 Å². The van der Waals surface area contributed by atoms with E-state index in [9.17, 15) is 19.5 Å². The lowest BCUT2D eigenvalue weighted by molar-refractivity contribution is -0.159. The SMILES string of the molecule is CCC(CC)(CN1C(=O)CC(C)(C)CC1=O)C(=O)O. The fraction of sp³-hybridized carbons (Fsp3) is 0.786. The molecule has 1 rings (SSSR count). The Kier molecular flexibility index (Phi) is 4.38. The summed E-state index contributed by atoms with van der Waals surface area (Å²) in [5.41, 5.74) is -1.35. The number of likely N-dealkylation sites (tertiary alicyclic amines) is 1.